The summed E-state index contributed by atoms with van der Waals surface area (Å²) in [5.74, 6) is -0.363. The Morgan fingerprint density at radius 3 is 2.52 bits per heavy atom. The molecular formula is C15H16ClN3O2. The van der Waals surface area contributed by atoms with Crippen LogP contribution in [0.5, 0.6) is 0 Å². The lowest BCUT2D eigenvalue weighted by atomic mass is 10.0. The average molecular weight is 306 g/mol. The van der Waals surface area contributed by atoms with Gasteiger partial charge in [-0.2, -0.15) is 0 Å². The minimum Gasteiger partial charge on any atom is -0.481 e. The maximum Gasteiger partial charge on any atom is 0.303 e. The molecule has 21 heavy (non-hydrogen) atoms. The van der Waals surface area contributed by atoms with Crippen molar-refractivity contribution >= 4 is 23.5 Å². The number of rotatable bonds is 7. The Morgan fingerprint density at radius 1 is 1.24 bits per heavy atom. The van der Waals surface area contributed by atoms with E-state index in [-0.39, 0.29) is 12.5 Å². The first-order valence-corrected chi connectivity index (χ1v) is 7.01. The van der Waals surface area contributed by atoms with Crippen LogP contribution in [-0.4, -0.2) is 27.1 Å². The number of nitrogens with zero attached hydrogens (tertiary/aromatic N) is 2. The van der Waals surface area contributed by atoms with Gasteiger partial charge in [-0.25, -0.2) is 9.97 Å². The van der Waals surface area contributed by atoms with Gasteiger partial charge in [0.1, 0.15) is 0 Å². The molecule has 0 bridgehead atoms. The monoisotopic (exact) mass is 305 g/mol. The number of hydrogen-bond donors (Lipinski definition) is 2. The number of carboxylic acid groups (broad SMARTS) is 1. The highest BCUT2D eigenvalue weighted by Gasteiger charge is 2.13. The molecule has 0 saturated carbocycles. The summed E-state index contributed by atoms with van der Waals surface area (Å²) in [6, 6.07) is 9.84. The number of anilines is 1. The smallest absolute Gasteiger partial charge is 0.303 e. The van der Waals surface area contributed by atoms with Gasteiger partial charge in [0.05, 0.1) is 17.4 Å². The first-order valence-electron chi connectivity index (χ1n) is 6.63. The fourth-order valence-electron chi connectivity index (χ4n) is 1.99. The van der Waals surface area contributed by atoms with Gasteiger partial charge in [0.25, 0.3) is 0 Å². The van der Waals surface area contributed by atoms with Crippen LogP contribution in [0.15, 0.2) is 42.7 Å². The van der Waals surface area contributed by atoms with Gasteiger partial charge in [-0.05, 0) is 18.4 Å². The molecule has 1 aromatic heterocycles. The number of carboxylic acids is 1. The van der Waals surface area contributed by atoms with Gasteiger partial charge in [0.15, 0.2) is 0 Å². The number of carbonyl (C=O) groups is 1. The van der Waals surface area contributed by atoms with E-state index in [1.807, 2.05) is 30.3 Å². The number of aliphatic carboxylic acids is 1. The molecule has 1 unspecified atom stereocenters. The summed E-state index contributed by atoms with van der Waals surface area (Å²) in [6.07, 6.45) is 4.32. The molecule has 1 aromatic carbocycles. The second-order valence-corrected chi connectivity index (χ2v) is 5.12. The van der Waals surface area contributed by atoms with Crippen LogP contribution in [0.2, 0.25) is 5.02 Å². The van der Waals surface area contributed by atoms with Crippen molar-refractivity contribution in [3.63, 3.8) is 0 Å². The maximum absolute atomic E-state index is 10.8. The fraction of sp³-hybridized carbons (Fsp3) is 0.267. The van der Waals surface area contributed by atoms with Crippen molar-refractivity contribution in [2.75, 3.05) is 5.32 Å². The van der Waals surface area contributed by atoms with E-state index < -0.39 is 5.97 Å². The molecule has 6 heteroatoms. The molecule has 0 fully saturated rings. The van der Waals surface area contributed by atoms with Gasteiger partial charge in [-0.3, -0.25) is 4.79 Å². The van der Waals surface area contributed by atoms with Crippen LogP contribution in [0.25, 0.3) is 0 Å². The summed E-state index contributed by atoms with van der Waals surface area (Å²) in [7, 11) is 0. The molecule has 0 saturated heterocycles. The Kier molecular flexibility index (Phi) is 5.51. The second kappa shape index (κ2) is 7.59. The van der Waals surface area contributed by atoms with Gasteiger partial charge >= 0.3 is 5.97 Å². The number of nitrogens with one attached hydrogen (secondary N) is 1. The van der Waals surface area contributed by atoms with Crippen molar-refractivity contribution in [3.05, 3.63) is 53.3 Å². The Labute approximate surface area is 128 Å². The molecular weight excluding hydrogens is 290 g/mol. The minimum absolute atomic E-state index is 0.0512. The zero-order valence-corrected chi connectivity index (χ0v) is 12.1. The highest BCUT2D eigenvalue weighted by Crippen LogP contribution is 2.13. The lowest BCUT2D eigenvalue weighted by Gasteiger charge is -2.18. The van der Waals surface area contributed by atoms with E-state index in [2.05, 4.69) is 15.3 Å². The second-order valence-electron chi connectivity index (χ2n) is 4.69. The molecule has 5 nitrogen and oxygen atoms in total. The average Bonchev–Trinajstić information content (AvgIpc) is 2.48. The van der Waals surface area contributed by atoms with Crippen molar-refractivity contribution in [1.82, 2.24) is 9.97 Å². The maximum atomic E-state index is 10.8. The molecule has 2 aromatic rings. The normalized spacial score (nSPS) is 11.9. The summed E-state index contributed by atoms with van der Waals surface area (Å²) in [5, 5.41) is 12.5. The van der Waals surface area contributed by atoms with Crippen LogP contribution in [0.1, 0.15) is 18.4 Å². The number of halogens is 1. The molecule has 110 valence electrons. The van der Waals surface area contributed by atoms with Crippen LogP contribution in [-0.2, 0) is 11.2 Å². The molecule has 1 atom stereocenters. The zero-order valence-electron chi connectivity index (χ0n) is 11.4. The zero-order chi connectivity index (χ0) is 15.1. The SMILES string of the molecule is O=C(O)CCC(Cc1ccccc1)Nc1ncc(Cl)cn1. The van der Waals surface area contributed by atoms with E-state index in [1.165, 1.54) is 12.4 Å². The van der Waals surface area contributed by atoms with Crippen LogP contribution < -0.4 is 5.32 Å². The van der Waals surface area contributed by atoms with Crippen molar-refractivity contribution in [3.8, 4) is 0 Å². The van der Waals surface area contributed by atoms with Crippen molar-refractivity contribution in [2.45, 2.75) is 25.3 Å². The van der Waals surface area contributed by atoms with Gasteiger partial charge in [-0.1, -0.05) is 41.9 Å². The van der Waals surface area contributed by atoms with Crippen molar-refractivity contribution in [2.24, 2.45) is 0 Å². The third kappa shape index (κ3) is 5.39. The Morgan fingerprint density at radius 2 is 1.90 bits per heavy atom. The molecule has 2 rings (SSSR count). The van der Waals surface area contributed by atoms with Crippen LogP contribution >= 0.6 is 11.6 Å². The first kappa shape index (κ1) is 15.3. The van der Waals surface area contributed by atoms with Crippen LogP contribution in [0.3, 0.4) is 0 Å². The molecule has 0 amide bonds. The van der Waals surface area contributed by atoms with E-state index in [4.69, 9.17) is 16.7 Å². The van der Waals surface area contributed by atoms with Gasteiger partial charge in [0, 0.05) is 12.5 Å². The number of aromatic nitrogens is 2. The molecule has 0 spiro atoms. The van der Waals surface area contributed by atoms with E-state index >= 15 is 0 Å². The standard InChI is InChI=1S/C15H16ClN3O2/c16-12-9-17-15(18-10-12)19-13(6-7-14(20)21)8-11-4-2-1-3-5-11/h1-5,9-10,13H,6-8H2,(H,20,21)(H,17,18,19). The molecule has 2 N–H and O–H groups in total. The molecule has 0 radical (unpaired) electrons. The molecule has 1 heterocycles. The topological polar surface area (TPSA) is 75.1 Å². The van der Waals surface area contributed by atoms with E-state index in [0.717, 1.165) is 5.56 Å². The van der Waals surface area contributed by atoms with Crippen molar-refractivity contribution < 1.29 is 9.90 Å². The highest BCUT2D eigenvalue weighted by atomic mass is 35.5. The van der Waals surface area contributed by atoms with Gasteiger partial charge in [-0.15, -0.1) is 0 Å². The Balaban J connectivity index is 2.04. The third-order valence-corrected chi connectivity index (χ3v) is 3.18. The number of benzene rings is 1. The lowest BCUT2D eigenvalue weighted by Crippen LogP contribution is -2.24. The lowest BCUT2D eigenvalue weighted by molar-refractivity contribution is -0.137. The van der Waals surface area contributed by atoms with Crippen LogP contribution in [0.4, 0.5) is 5.95 Å². The summed E-state index contributed by atoms with van der Waals surface area (Å²) in [5.41, 5.74) is 1.13. The summed E-state index contributed by atoms with van der Waals surface area (Å²) >= 11 is 5.75. The third-order valence-electron chi connectivity index (χ3n) is 2.99. The van der Waals surface area contributed by atoms with E-state index in [9.17, 15) is 4.79 Å². The van der Waals surface area contributed by atoms with Gasteiger partial charge in [0.2, 0.25) is 5.95 Å². The summed E-state index contributed by atoms with van der Waals surface area (Å²) in [4.78, 5) is 18.9. The fourth-order valence-corrected chi connectivity index (χ4v) is 2.09. The number of hydrogen-bond acceptors (Lipinski definition) is 4. The van der Waals surface area contributed by atoms with Crippen LogP contribution in [0, 0.1) is 0 Å². The highest BCUT2D eigenvalue weighted by molar-refractivity contribution is 6.30. The molecule has 0 aliphatic carbocycles. The van der Waals surface area contributed by atoms with E-state index in [0.29, 0.717) is 23.8 Å². The van der Waals surface area contributed by atoms with Crippen molar-refractivity contribution in [1.29, 1.82) is 0 Å². The molecule has 0 aliphatic rings. The quantitative estimate of drug-likeness (QED) is 0.822. The first-order chi connectivity index (χ1) is 10.1. The Hall–Kier alpha value is -2.14. The predicted octanol–water partition coefficient (Wildman–Crippen LogP) is 3.02. The van der Waals surface area contributed by atoms with Gasteiger partial charge < -0.3 is 10.4 Å². The Bertz CT molecular complexity index is 575. The minimum atomic E-state index is -0.813. The predicted molar refractivity (Wildman–Crippen MR) is 81.5 cm³/mol. The molecule has 0 aliphatic heterocycles. The summed E-state index contributed by atoms with van der Waals surface area (Å²) in [6.45, 7) is 0. The largest absolute Gasteiger partial charge is 0.481 e. The summed E-state index contributed by atoms with van der Waals surface area (Å²) < 4.78 is 0. The van der Waals surface area contributed by atoms with E-state index in [1.54, 1.807) is 0 Å².